The van der Waals surface area contributed by atoms with Crippen LogP contribution in [-0.4, -0.2) is 62.3 Å². The van der Waals surface area contributed by atoms with Gasteiger partial charge >= 0.3 is 0 Å². The van der Waals surface area contributed by atoms with E-state index in [-0.39, 0.29) is 18.9 Å². The van der Waals surface area contributed by atoms with Gasteiger partial charge in [0.05, 0.1) is 18.3 Å². The van der Waals surface area contributed by atoms with Crippen LogP contribution in [0.25, 0.3) is 0 Å². The molecule has 0 amide bonds. The molecule has 0 radical (unpaired) electrons. The molecular formula is C22H32O6. The highest BCUT2D eigenvalue weighted by molar-refractivity contribution is 6.04. The molecule has 0 heterocycles. The van der Waals surface area contributed by atoms with Crippen molar-refractivity contribution in [1.82, 2.24) is 0 Å². The predicted molar refractivity (Wildman–Crippen MR) is 102 cm³/mol. The quantitative estimate of drug-likeness (QED) is 0.533. The monoisotopic (exact) mass is 392 g/mol. The molecule has 0 aromatic rings. The van der Waals surface area contributed by atoms with Gasteiger partial charge in [0.25, 0.3) is 0 Å². The van der Waals surface area contributed by atoms with E-state index in [2.05, 4.69) is 0 Å². The Balaban J connectivity index is 1.94. The van der Waals surface area contributed by atoms with Gasteiger partial charge in [-0.25, -0.2) is 0 Å². The van der Waals surface area contributed by atoms with Crippen molar-refractivity contribution in [2.24, 2.45) is 29.1 Å². The molecule has 2 fully saturated rings. The summed E-state index contributed by atoms with van der Waals surface area (Å²) in [6, 6.07) is 0. The van der Waals surface area contributed by atoms with Gasteiger partial charge in [-0.15, -0.1) is 0 Å². The lowest BCUT2D eigenvalue weighted by Gasteiger charge is -2.52. The van der Waals surface area contributed by atoms with Gasteiger partial charge in [-0.1, -0.05) is 32.9 Å². The molecule has 0 saturated heterocycles. The van der Waals surface area contributed by atoms with E-state index in [0.29, 0.717) is 17.8 Å². The van der Waals surface area contributed by atoms with Crippen molar-refractivity contribution in [3.8, 4) is 0 Å². The Bertz CT molecular complexity index is 784. The van der Waals surface area contributed by atoms with Gasteiger partial charge in [0.2, 0.25) is 0 Å². The molecule has 2 saturated carbocycles. The summed E-state index contributed by atoms with van der Waals surface area (Å²) in [4.78, 5) is 12.9. The smallest absolute Gasteiger partial charge is 0.190 e. The molecule has 156 valence electrons. The Morgan fingerprint density at radius 3 is 2.43 bits per heavy atom. The predicted octanol–water partition coefficient (Wildman–Crippen LogP) is 0.974. The Kier molecular flexibility index (Phi) is 4.16. The summed E-state index contributed by atoms with van der Waals surface area (Å²) in [7, 11) is 0. The lowest BCUT2D eigenvalue weighted by Crippen LogP contribution is -2.65. The fourth-order valence-corrected chi connectivity index (χ4v) is 6.87. The van der Waals surface area contributed by atoms with Crippen molar-refractivity contribution >= 4 is 5.78 Å². The van der Waals surface area contributed by atoms with Crippen LogP contribution in [0.2, 0.25) is 0 Å². The normalized spacial score (nSPS) is 51.5. The Morgan fingerprint density at radius 2 is 1.86 bits per heavy atom. The van der Waals surface area contributed by atoms with Gasteiger partial charge in [0.15, 0.2) is 5.78 Å². The highest BCUT2D eigenvalue weighted by Gasteiger charge is 2.84. The number of hydrogen-bond donors (Lipinski definition) is 4. The standard InChI is InChI=1S/C22H32O6/c1-6-28-18-12(3)21(26)14(16-19(4,5)22(16,18)27)8-13(10-23)9-20(25)15(21)7-11(2)17(20)24/h7-8,12,14-16,18,23,25-27H,6,9-10H2,1-5H3/t12-,14+,15-,16-,18-,20-,21-,22-/m1/s1. The van der Waals surface area contributed by atoms with Crippen LogP contribution in [0.3, 0.4) is 0 Å². The molecule has 0 aliphatic heterocycles. The second kappa shape index (κ2) is 5.76. The number of rotatable bonds is 3. The van der Waals surface area contributed by atoms with Crippen LogP contribution in [0.4, 0.5) is 0 Å². The van der Waals surface area contributed by atoms with Gasteiger partial charge in [0.1, 0.15) is 11.2 Å². The van der Waals surface area contributed by atoms with Gasteiger partial charge in [-0.05, 0) is 25.0 Å². The highest BCUT2D eigenvalue weighted by Crippen LogP contribution is 2.75. The largest absolute Gasteiger partial charge is 0.392 e. The van der Waals surface area contributed by atoms with Crippen molar-refractivity contribution < 1.29 is 30.0 Å². The number of carbonyl (C=O) groups excluding carboxylic acids is 1. The van der Waals surface area contributed by atoms with Gasteiger partial charge in [-0.3, -0.25) is 4.79 Å². The first kappa shape index (κ1) is 20.2. The SMILES string of the molecule is CCO[C@@H]1[C@@H](C)[C@@]2(O)[C@@H](C=C(CO)C[C@]3(O)C(=O)C(C)=C[C@@H]23)[C@@H]2C(C)(C)[C@]12O. The van der Waals surface area contributed by atoms with Crippen LogP contribution in [0.5, 0.6) is 0 Å². The van der Waals surface area contributed by atoms with E-state index in [1.165, 1.54) is 0 Å². The first-order valence-corrected chi connectivity index (χ1v) is 10.2. The van der Waals surface area contributed by atoms with Crippen LogP contribution >= 0.6 is 0 Å². The topological polar surface area (TPSA) is 107 Å². The third kappa shape index (κ3) is 2.03. The van der Waals surface area contributed by atoms with E-state index in [1.807, 2.05) is 27.7 Å². The first-order chi connectivity index (χ1) is 12.9. The van der Waals surface area contributed by atoms with Crippen LogP contribution in [0.15, 0.2) is 23.3 Å². The molecule has 4 N–H and O–H groups in total. The number of hydrogen-bond acceptors (Lipinski definition) is 6. The molecule has 0 spiro atoms. The van der Waals surface area contributed by atoms with Crippen LogP contribution in [0, 0.1) is 29.1 Å². The average Bonchev–Trinajstić information content (AvgIpc) is 3.02. The minimum absolute atomic E-state index is 0.0166. The lowest BCUT2D eigenvalue weighted by molar-refractivity contribution is -0.220. The molecule has 0 unspecified atom stereocenters. The maximum absolute atomic E-state index is 12.9. The van der Waals surface area contributed by atoms with Gasteiger partial charge in [-0.2, -0.15) is 0 Å². The molecule has 6 nitrogen and oxygen atoms in total. The first-order valence-electron chi connectivity index (χ1n) is 10.2. The maximum Gasteiger partial charge on any atom is 0.190 e. The van der Waals surface area contributed by atoms with Crippen molar-refractivity contribution in [2.45, 2.75) is 63.9 Å². The number of aliphatic hydroxyl groups excluding tert-OH is 1. The zero-order valence-electron chi connectivity index (χ0n) is 17.3. The van der Waals surface area contributed by atoms with Crippen LogP contribution < -0.4 is 0 Å². The number of fused-ring (bicyclic) bond motifs is 5. The average molecular weight is 392 g/mol. The number of aliphatic hydroxyl groups is 4. The third-order valence-corrected chi connectivity index (χ3v) is 8.35. The van der Waals surface area contributed by atoms with Crippen molar-refractivity contribution in [2.75, 3.05) is 13.2 Å². The summed E-state index contributed by atoms with van der Waals surface area (Å²) in [6.45, 7) is 9.36. The van der Waals surface area contributed by atoms with Gasteiger partial charge in [0, 0.05) is 42.1 Å². The van der Waals surface area contributed by atoms with E-state index < -0.39 is 51.9 Å². The summed E-state index contributed by atoms with van der Waals surface area (Å²) >= 11 is 0. The summed E-state index contributed by atoms with van der Waals surface area (Å²) in [5.74, 6) is -2.55. The lowest BCUT2D eigenvalue weighted by atomic mass is 9.59. The minimum atomic E-state index is -1.79. The second-order valence-electron chi connectivity index (χ2n) is 9.84. The number of carbonyl (C=O) groups is 1. The molecule has 4 aliphatic rings. The molecule has 0 aromatic carbocycles. The number of ketones is 1. The molecule has 0 bridgehead atoms. The Hall–Kier alpha value is -1.05. The summed E-state index contributed by atoms with van der Waals surface area (Å²) < 4.78 is 5.96. The summed E-state index contributed by atoms with van der Waals surface area (Å²) in [6.07, 6.45) is 2.85. The molecular weight excluding hydrogens is 360 g/mol. The Morgan fingerprint density at radius 1 is 1.21 bits per heavy atom. The molecule has 4 aliphatic carbocycles. The summed E-state index contributed by atoms with van der Waals surface area (Å²) in [5, 5.41) is 45.1. The summed E-state index contributed by atoms with van der Waals surface area (Å²) in [5.41, 5.74) is -3.94. The molecule has 0 aromatic heterocycles. The highest BCUT2D eigenvalue weighted by atomic mass is 16.5. The minimum Gasteiger partial charge on any atom is -0.392 e. The maximum atomic E-state index is 12.9. The molecule has 8 atom stereocenters. The van der Waals surface area contributed by atoms with Gasteiger partial charge < -0.3 is 25.2 Å². The molecule has 4 rings (SSSR count). The molecule has 6 heteroatoms. The Labute approximate surface area is 165 Å². The zero-order chi connectivity index (χ0) is 20.9. The fraction of sp³-hybridized carbons (Fsp3) is 0.773. The van der Waals surface area contributed by atoms with Crippen LogP contribution in [0.1, 0.15) is 41.0 Å². The number of Topliss-reactive ketones (excluding diaryl/α,β-unsaturated/α-hetero) is 1. The second-order valence-corrected chi connectivity index (χ2v) is 9.84. The zero-order valence-corrected chi connectivity index (χ0v) is 17.3. The van der Waals surface area contributed by atoms with E-state index in [0.717, 1.165) is 0 Å². The van der Waals surface area contributed by atoms with E-state index >= 15 is 0 Å². The van der Waals surface area contributed by atoms with Crippen LogP contribution in [-0.2, 0) is 9.53 Å². The molecule has 28 heavy (non-hydrogen) atoms. The van der Waals surface area contributed by atoms with Crippen molar-refractivity contribution in [1.29, 1.82) is 0 Å². The van der Waals surface area contributed by atoms with E-state index in [9.17, 15) is 25.2 Å². The van der Waals surface area contributed by atoms with Crippen molar-refractivity contribution in [3.05, 3.63) is 23.3 Å². The number of ether oxygens (including phenoxy) is 1. The van der Waals surface area contributed by atoms with Crippen molar-refractivity contribution in [3.63, 3.8) is 0 Å². The van der Waals surface area contributed by atoms with E-state index in [4.69, 9.17) is 4.74 Å². The third-order valence-electron chi connectivity index (χ3n) is 8.35. The fourth-order valence-electron chi connectivity index (χ4n) is 6.87. The van der Waals surface area contributed by atoms with E-state index in [1.54, 1.807) is 19.1 Å².